The molecule has 0 aromatic heterocycles. The van der Waals surface area contributed by atoms with E-state index >= 15 is 0 Å². The van der Waals surface area contributed by atoms with Gasteiger partial charge in [0.25, 0.3) is 0 Å². The van der Waals surface area contributed by atoms with E-state index in [9.17, 15) is 0 Å². The topological polar surface area (TPSA) is 0 Å². The summed E-state index contributed by atoms with van der Waals surface area (Å²) in [6.07, 6.45) is 0. The van der Waals surface area contributed by atoms with Crippen LogP contribution in [0.1, 0.15) is 0 Å². The van der Waals surface area contributed by atoms with Crippen LogP contribution < -0.4 is 51.4 Å². The Bertz CT molecular complexity index is 379. The number of hydrogen-bond acceptors (Lipinski definition) is 1. The summed E-state index contributed by atoms with van der Waals surface area (Å²) in [7, 11) is 0. The summed E-state index contributed by atoms with van der Waals surface area (Å²) in [6, 6.07) is 14.4. The van der Waals surface area contributed by atoms with E-state index in [-0.39, 0.29) is 51.4 Å². The average Bonchev–Trinajstić information content (AvgIpc) is 2.06. The van der Waals surface area contributed by atoms with Gasteiger partial charge in [-0.1, -0.05) is 36.4 Å². The van der Waals surface area contributed by atoms with Crippen molar-refractivity contribution in [3.05, 3.63) is 42.5 Å². The molecule has 0 aliphatic carbocycles. The minimum absolute atomic E-state index is 0. The first-order valence-electron chi connectivity index (χ1n) is 3.54. The minimum atomic E-state index is 0. The Morgan fingerprint density at radius 1 is 0.833 bits per heavy atom. The van der Waals surface area contributed by atoms with Crippen molar-refractivity contribution in [3.8, 4) is 0 Å². The zero-order valence-electron chi connectivity index (χ0n) is 6.99. The summed E-state index contributed by atoms with van der Waals surface area (Å²) in [4.78, 5) is 1.04. The van der Waals surface area contributed by atoms with Crippen LogP contribution in [0.2, 0.25) is 0 Å². The second kappa shape index (κ2) is 4.79. The van der Waals surface area contributed by atoms with Crippen LogP contribution in [0.15, 0.2) is 47.4 Å². The molecule has 0 nitrogen and oxygen atoms in total. The predicted molar refractivity (Wildman–Crippen MR) is 51.2 cm³/mol. The van der Waals surface area contributed by atoms with Gasteiger partial charge in [0, 0.05) is 4.90 Å². The molecule has 0 unspecified atom stereocenters. The second-order valence-corrected chi connectivity index (χ2v) is 2.98. The van der Waals surface area contributed by atoms with Crippen molar-refractivity contribution in [2.75, 3.05) is 0 Å². The first-order valence-corrected chi connectivity index (χ1v) is 3.99. The number of benzene rings is 2. The Morgan fingerprint density at radius 2 is 1.50 bits per heavy atom. The molecule has 0 N–H and O–H groups in total. The van der Waals surface area contributed by atoms with E-state index in [0.717, 1.165) is 4.90 Å². The van der Waals surface area contributed by atoms with Crippen LogP contribution in [0, 0.1) is 0 Å². The van der Waals surface area contributed by atoms with Gasteiger partial charge in [-0.15, -0.1) is 12.6 Å². The molecule has 0 heterocycles. The van der Waals surface area contributed by atoms with Crippen LogP contribution in [-0.4, -0.2) is 0 Å². The molecule has 0 bridgehead atoms. The molecule has 2 aromatic rings. The fraction of sp³-hybridized carbons (Fsp3) is 0. The van der Waals surface area contributed by atoms with E-state index in [1.165, 1.54) is 10.8 Å². The molecule has 0 spiro atoms. The third-order valence-corrected chi connectivity index (χ3v) is 2.16. The standard InChI is InChI=1S/C10H8S.K/c11-10-7-3-5-8-4-1-2-6-9(8)10;/h1-7,11H;/q;+1. The van der Waals surface area contributed by atoms with E-state index in [4.69, 9.17) is 0 Å². The Morgan fingerprint density at radius 3 is 2.25 bits per heavy atom. The zero-order valence-corrected chi connectivity index (χ0v) is 11.0. The van der Waals surface area contributed by atoms with Gasteiger partial charge in [0.1, 0.15) is 0 Å². The largest absolute Gasteiger partial charge is 1.00 e. The monoisotopic (exact) mass is 199 g/mol. The fourth-order valence-electron chi connectivity index (χ4n) is 1.21. The molecule has 0 atom stereocenters. The number of fused-ring (bicyclic) bond motifs is 1. The molecule has 2 rings (SSSR count). The molecule has 2 heteroatoms. The van der Waals surface area contributed by atoms with Crippen LogP contribution in [0.3, 0.4) is 0 Å². The van der Waals surface area contributed by atoms with Gasteiger partial charge in [0.2, 0.25) is 0 Å². The summed E-state index contributed by atoms with van der Waals surface area (Å²) in [5, 5.41) is 2.47. The van der Waals surface area contributed by atoms with Crippen molar-refractivity contribution < 1.29 is 51.4 Å². The molecule has 0 saturated carbocycles. The third-order valence-electron chi connectivity index (χ3n) is 1.77. The van der Waals surface area contributed by atoms with Crippen LogP contribution in [0.25, 0.3) is 10.8 Å². The Balaban J connectivity index is 0.000000720. The van der Waals surface area contributed by atoms with E-state index in [1.807, 2.05) is 24.3 Å². The summed E-state index contributed by atoms with van der Waals surface area (Å²) in [5.74, 6) is 0. The minimum Gasteiger partial charge on any atom is -0.143 e. The quantitative estimate of drug-likeness (QED) is 0.453. The van der Waals surface area contributed by atoms with Gasteiger partial charge in [-0.05, 0) is 16.8 Å². The van der Waals surface area contributed by atoms with Crippen molar-refractivity contribution in [3.63, 3.8) is 0 Å². The summed E-state index contributed by atoms with van der Waals surface area (Å²) >= 11 is 4.35. The third kappa shape index (κ3) is 2.13. The molecule has 0 aliphatic heterocycles. The maximum atomic E-state index is 4.35. The first kappa shape index (κ1) is 10.8. The van der Waals surface area contributed by atoms with Crippen molar-refractivity contribution in [2.45, 2.75) is 4.90 Å². The van der Waals surface area contributed by atoms with Gasteiger partial charge in [-0.3, -0.25) is 0 Å². The molecular weight excluding hydrogens is 191 g/mol. The van der Waals surface area contributed by atoms with Crippen LogP contribution >= 0.6 is 12.6 Å². The van der Waals surface area contributed by atoms with E-state index in [2.05, 4.69) is 30.8 Å². The first-order chi connectivity index (χ1) is 5.38. The Labute approximate surface area is 120 Å². The zero-order chi connectivity index (χ0) is 7.68. The van der Waals surface area contributed by atoms with Crippen molar-refractivity contribution in [1.82, 2.24) is 0 Å². The van der Waals surface area contributed by atoms with Crippen molar-refractivity contribution in [2.24, 2.45) is 0 Å². The maximum Gasteiger partial charge on any atom is 1.00 e. The summed E-state index contributed by atoms with van der Waals surface area (Å²) in [5.41, 5.74) is 0. The Hall–Kier alpha value is 0.686. The summed E-state index contributed by atoms with van der Waals surface area (Å²) < 4.78 is 0. The molecule has 54 valence electrons. The smallest absolute Gasteiger partial charge is 0.143 e. The van der Waals surface area contributed by atoms with Gasteiger partial charge < -0.3 is 0 Å². The predicted octanol–water partition coefficient (Wildman–Crippen LogP) is 0.133. The molecule has 0 fully saturated rings. The van der Waals surface area contributed by atoms with Gasteiger partial charge in [-0.2, -0.15) is 0 Å². The molecule has 0 saturated heterocycles. The van der Waals surface area contributed by atoms with Gasteiger partial charge in [-0.25, -0.2) is 0 Å². The number of rotatable bonds is 0. The van der Waals surface area contributed by atoms with Gasteiger partial charge in [0.15, 0.2) is 0 Å². The van der Waals surface area contributed by atoms with Gasteiger partial charge in [0.05, 0.1) is 0 Å². The fourth-order valence-corrected chi connectivity index (χ4v) is 1.50. The van der Waals surface area contributed by atoms with Crippen molar-refractivity contribution >= 4 is 23.4 Å². The molecule has 0 amide bonds. The molecular formula is C10H8KS+. The molecule has 0 radical (unpaired) electrons. The number of hydrogen-bond donors (Lipinski definition) is 1. The molecule has 12 heavy (non-hydrogen) atoms. The average molecular weight is 199 g/mol. The second-order valence-electron chi connectivity index (χ2n) is 2.50. The van der Waals surface area contributed by atoms with Crippen LogP contribution in [0.4, 0.5) is 0 Å². The van der Waals surface area contributed by atoms with E-state index in [0.29, 0.717) is 0 Å². The van der Waals surface area contributed by atoms with Crippen molar-refractivity contribution in [1.29, 1.82) is 0 Å². The van der Waals surface area contributed by atoms with E-state index < -0.39 is 0 Å². The maximum absolute atomic E-state index is 4.35. The molecule has 2 aromatic carbocycles. The normalized spacial score (nSPS) is 9.42. The van der Waals surface area contributed by atoms with Crippen LogP contribution in [-0.2, 0) is 0 Å². The SMILES string of the molecule is Sc1cccc2ccccc12.[K+]. The van der Waals surface area contributed by atoms with E-state index in [1.54, 1.807) is 0 Å². The van der Waals surface area contributed by atoms with Crippen LogP contribution in [0.5, 0.6) is 0 Å². The number of thiol groups is 1. The molecule has 0 aliphatic rings. The van der Waals surface area contributed by atoms with Gasteiger partial charge >= 0.3 is 51.4 Å². The Kier molecular flexibility index (Phi) is 4.30. The summed E-state index contributed by atoms with van der Waals surface area (Å²) in [6.45, 7) is 0.